The van der Waals surface area contributed by atoms with Crippen LogP contribution in [-0.2, 0) is 13.2 Å². The van der Waals surface area contributed by atoms with Crippen LogP contribution < -0.4 is 14.4 Å². The number of ether oxygens (including phenoxy) is 2. The lowest BCUT2D eigenvalue weighted by Gasteiger charge is -2.29. The second-order valence-electron chi connectivity index (χ2n) is 8.69. The molecule has 183 valence electrons. The monoisotopic (exact) mass is 485 g/mol. The molecular formula is C30H27F2N2O2. The van der Waals surface area contributed by atoms with Gasteiger partial charge in [0.1, 0.15) is 24.8 Å². The van der Waals surface area contributed by atoms with Crippen LogP contribution in [0.4, 0.5) is 14.5 Å². The van der Waals surface area contributed by atoms with Crippen molar-refractivity contribution in [3.05, 3.63) is 114 Å². The zero-order chi connectivity index (χ0) is 24.7. The minimum atomic E-state index is -0.649. The molecule has 5 rings (SSSR count). The number of aromatic nitrogens is 1. The number of benzene rings is 3. The lowest BCUT2D eigenvalue weighted by molar-refractivity contribution is 0.268. The molecule has 0 amide bonds. The smallest absolute Gasteiger partial charge is 0.225 e. The highest BCUT2D eigenvalue weighted by atomic mass is 19.1. The van der Waals surface area contributed by atoms with Crippen molar-refractivity contribution in [3.8, 4) is 22.9 Å². The molecule has 36 heavy (non-hydrogen) atoms. The van der Waals surface area contributed by atoms with Gasteiger partial charge in [-0.15, -0.1) is 0 Å². The number of anilines is 1. The van der Waals surface area contributed by atoms with Gasteiger partial charge in [0.2, 0.25) is 11.8 Å². The summed E-state index contributed by atoms with van der Waals surface area (Å²) in [6.45, 7) is 2.02. The number of hydrogen-bond donors (Lipinski definition) is 0. The number of rotatable bonds is 8. The summed E-state index contributed by atoms with van der Waals surface area (Å²) in [4.78, 5) is 6.48. The minimum absolute atomic E-state index is 0.113. The SMILES string of the molecule is Fc1cc(N2CC[CH]CC2)cc(F)c1-c1ccc(OCc2ccccc2)nc1OCc1ccccc1. The summed E-state index contributed by atoms with van der Waals surface area (Å²) in [5.74, 6) is -0.872. The first-order valence-electron chi connectivity index (χ1n) is 12.1. The number of pyridine rings is 1. The van der Waals surface area contributed by atoms with Crippen LogP contribution in [0.5, 0.6) is 11.8 Å². The van der Waals surface area contributed by atoms with Crippen molar-refractivity contribution in [2.24, 2.45) is 0 Å². The van der Waals surface area contributed by atoms with E-state index in [1.165, 1.54) is 12.1 Å². The van der Waals surface area contributed by atoms with E-state index in [1.54, 1.807) is 12.1 Å². The maximum atomic E-state index is 15.4. The molecule has 3 aromatic carbocycles. The average Bonchev–Trinajstić information content (AvgIpc) is 2.92. The van der Waals surface area contributed by atoms with Gasteiger partial charge < -0.3 is 14.4 Å². The van der Waals surface area contributed by atoms with Gasteiger partial charge in [-0.2, -0.15) is 4.98 Å². The molecule has 1 aromatic heterocycles. The Labute approximate surface area is 210 Å². The van der Waals surface area contributed by atoms with E-state index in [0.717, 1.165) is 37.1 Å². The van der Waals surface area contributed by atoms with Crippen molar-refractivity contribution in [2.75, 3.05) is 18.0 Å². The molecule has 2 heterocycles. The molecule has 4 nitrogen and oxygen atoms in total. The van der Waals surface area contributed by atoms with Crippen LogP contribution in [-0.4, -0.2) is 18.1 Å². The minimum Gasteiger partial charge on any atom is -0.473 e. The second-order valence-corrected chi connectivity index (χ2v) is 8.69. The first kappa shape index (κ1) is 23.8. The zero-order valence-electron chi connectivity index (χ0n) is 19.9. The van der Waals surface area contributed by atoms with E-state index < -0.39 is 11.6 Å². The van der Waals surface area contributed by atoms with Crippen molar-refractivity contribution < 1.29 is 18.3 Å². The lowest BCUT2D eigenvalue weighted by Crippen LogP contribution is -2.29. The van der Waals surface area contributed by atoms with Gasteiger partial charge in [0.05, 0.1) is 11.1 Å². The Morgan fingerprint density at radius 2 is 1.31 bits per heavy atom. The standard InChI is InChI=1S/C30H27F2N2O2/c31-26-18-24(34-16-8-3-9-17-34)19-27(32)29(26)25-14-15-28(35-20-22-10-4-1-5-11-22)33-30(25)36-21-23-12-6-2-7-13-23/h1-7,10-15,18-19H,8-9,16-17,20-21H2. The first-order chi connectivity index (χ1) is 17.7. The molecule has 1 fully saturated rings. The molecule has 0 aliphatic carbocycles. The Balaban J connectivity index is 1.45. The van der Waals surface area contributed by atoms with E-state index in [-0.39, 0.29) is 23.6 Å². The van der Waals surface area contributed by atoms with Gasteiger partial charge in [-0.25, -0.2) is 8.78 Å². The quantitative estimate of drug-likeness (QED) is 0.269. The van der Waals surface area contributed by atoms with Crippen molar-refractivity contribution in [2.45, 2.75) is 26.1 Å². The summed E-state index contributed by atoms with van der Waals surface area (Å²) in [5.41, 5.74) is 2.53. The lowest BCUT2D eigenvalue weighted by atomic mass is 10.0. The van der Waals surface area contributed by atoms with Gasteiger partial charge in [-0.1, -0.05) is 60.7 Å². The number of hydrogen-bond acceptors (Lipinski definition) is 4. The fourth-order valence-electron chi connectivity index (χ4n) is 4.27. The highest BCUT2D eigenvalue weighted by Crippen LogP contribution is 2.37. The number of piperidine rings is 1. The fourth-order valence-corrected chi connectivity index (χ4v) is 4.27. The third-order valence-corrected chi connectivity index (χ3v) is 6.15. The van der Waals surface area contributed by atoms with E-state index in [1.807, 2.05) is 65.6 Å². The summed E-state index contributed by atoms with van der Waals surface area (Å²) < 4.78 is 42.6. The molecule has 0 N–H and O–H groups in total. The largest absolute Gasteiger partial charge is 0.473 e. The number of halogens is 2. The molecule has 1 saturated heterocycles. The van der Waals surface area contributed by atoms with Gasteiger partial charge in [0.15, 0.2) is 0 Å². The Bertz CT molecular complexity index is 1270. The Morgan fingerprint density at radius 1 is 0.722 bits per heavy atom. The molecule has 1 aliphatic heterocycles. The summed E-state index contributed by atoms with van der Waals surface area (Å²) in [7, 11) is 0. The van der Waals surface area contributed by atoms with E-state index >= 15 is 8.78 Å². The molecule has 0 bridgehead atoms. The first-order valence-corrected chi connectivity index (χ1v) is 12.1. The molecule has 6 heteroatoms. The molecule has 4 aromatic rings. The van der Waals surface area contributed by atoms with Crippen molar-refractivity contribution in [3.63, 3.8) is 0 Å². The van der Waals surface area contributed by atoms with Crippen LogP contribution in [0, 0.1) is 18.1 Å². The molecule has 1 aliphatic rings. The van der Waals surface area contributed by atoms with Gasteiger partial charge in [0, 0.05) is 24.8 Å². The summed E-state index contributed by atoms with van der Waals surface area (Å²) in [5, 5.41) is 0. The van der Waals surface area contributed by atoms with Gasteiger partial charge in [-0.3, -0.25) is 0 Å². The van der Waals surface area contributed by atoms with Crippen LogP contribution in [0.3, 0.4) is 0 Å². The van der Waals surface area contributed by atoms with Gasteiger partial charge in [0.25, 0.3) is 0 Å². The van der Waals surface area contributed by atoms with Crippen molar-refractivity contribution in [1.82, 2.24) is 4.98 Å². The second kappa shape index (κ2) is 11.2. The Morgan fingerprint density at radius 3 is 1.92 bits per heavy atom. The maximum absolute atomic E-state index is 15.4. The van der Waals surface area contributed by atoms with Crippen LogP contribution in [0.25, 0.3) is 11.1 Å². The van der Waals surface area contributed by atoms with Crippen molar-refractivity contribution in [1.29, 1.82) is 0 Å². The van der Waals surface area contributed by atoms with Crippen LogP contribution >= 0.6 is 0 Å². The molecule has 1 radical (unpaired) electrons. The summed E-state index contributed by atoms with van der Waals surface area (Å²) in [6, 6.07) is 25.3. The van der Waals surface area contributed by atoms with Crippen molar-refractivity contribution >= 4 is 5.69 Å². The predicted molar refractivity (Wildman–Crippen MR) is 137 cm³/mol. The van der Waals surface area contributed by atoms with E-state index in [0.29, 0.717) is 18.2 Å². The average molecular weight is 486 g/mol. The van der Waals surface area contributed by atoms with Crippen LogP contribution in [0.1, 0.15) is 24.0 Å². The van der Waals surface area contributed by atoms with Crippen LogP contribution in [0.15, 0.2) is 84.9 Å². The van der Waals surface area contributed by atoms with E-state index in [2.05, 4.69) is 11.4 Å². The third kappa shape index (κ3) is 5.65. The topological polar surface area (TPSA) is 34.6 Å². The molecule has 0 spiro atoms. The molecule has 0 saturated carbocycles. The normalized spacial score (nSPS) is 13.4. The number of nitrogens with zero attached hydrogens (tertiary/aromatic N) is 2. The Kier molecular flexibility index (Phi) is 7.41. The zero-order valence-corrected chi connectivity index (χ0v) is 19.9. The van der Waals surface area contributed by atoms with E-state index in [9.17, 15) is 0 Å². The summed E-state index contributed by atoms with van der Waals surface area (Å²) >= 11 is 0. The highest BCUT2D eigenvalue weighted by molar-refractivity contribution is 5.72. The van der Waals surface area contributed by atoms with Gasteiger partial charge in [-0.05, 0) is 48.6 Å². The Hall–Kier alpha value is -3.93. The highest BCUT2D eigenvalue weighted by Gasteiger charge is 2.22. The molecule has 0 unspecified atom stereocenters. The van der Waals surface area contributed by atoms with E-state index in [4.69, 9.17) is 9.47 Å². The third-order valence-electron chi connectivity index (χ3n) is 6.15. The fraction of sp³-hybridized carbons (Fsp3) is 0.200. The molecule has 0 atom stereocenters. The van der Waals surface area contributed by atoms with Crippen LogP contribution in [0.2, 0.25) is 0 Å². The molecular weight excluding hydrogens is 458 g/mol. The van der Waals surface area contributed by atoms with Gasteiger partial charge >= 0.3 is 0 Å². The summed E-state index contributed by atoms with van der Waals surface area (Å²) in [6.07, 6.45) is 3.99. The maximum Gasteiger partial charge on any atom is 0.225 e. The predicted octanol–water partition coefficient (Wildman–Crippen LogP) is 6.99.